The summed E-state index contributed by atoms with van der Waals surface area (Å²) in [5.41, 5.74) is 2.49. The van der Waals surface area contributed by atoms with Crippen molar-refractivity contribution in [1.82, 2.24) is 0 Å². The Hall–Kier alpha value is -4.46. The first kappa shape index (κ1) is 20.8. The van der Waals surface area contributed by atoms with E-state index in [2.05, 4.69) is 5.32 Å². The Morgan fingerprint density at radius 3 is 2.28 bits per heavy atom. The molecule has 4 rings (SSSR count). The first-order chi connectivity index (χ1) is 15.2. The van der Waals surface area contributed by atoms with E-state index in [1.165, 1.54) is 24.3 Å². The molecular formula is C24H18N2O6. The van der Waals surface area contributed by atoms with Gasteiger partial charge in [-0.2, -0.15) is 0 Å². The molecule has 8 nitrogen and oxygen atoms in total. The minimum absolute atomic E-state index is 0.111. The minimum Gasteiger partial charge on any atom is -0.507 e. The van der Waals surface area contributed by atoms with Crippen LogP contribution in [0.15, 0.2) is 54.6 Å². The summed E-state index contributed by atoms with van der Waals surface area (Å²) in [6.07, 6.45) is 0. The topological polar surface area (TPSA) is 124 Å². The number of carbonyl (C=O) groups excluding carboxylic acids is 3. The molecular weight excluding hydrogens is 412 g/mol. The SMILES string of the molecule is Cc1ccc(N2C(=O)c3ccc(C(=O)Nc4ccc(O)c(C(=O)O)c4)cc3C2=O)c(C)c1. The molecule has 3 aromatic rings. The number of nitrogens with one attached hydrogen (secondary N) is 1. The Labute approximate surface area is 182 Å². The smallest absolute Gasteiger partial charge is 0.339 e. The summed E-state index contributed by atoms with van der Waals surface area (Å²) < 4.78 is 0. The molecule has 0 atom stereocenters. The number of hydrogen-bond acceptors (Lipinski definition) is 5. The number of fused-ring (bicyclic) bond motifs is 1. The number of carbonyl (C=O) groups is 4. The number of carboxylic acids is 1. The molecule has 0 saturated heterocycles. The fraction of sp³-hybridized carbons (Fsp3) is 0.0833. The highest BCUT2D eigenvalue weighted by Crippen LogP contribution is 2.32. The highest BCUT2D eigenvalue weighted by atomic mass is 16.4. The van der Waals surface area contributed by atoms with Crippen molar-refractivity contribution in [3.05, 3.63) is 88.0 Å². The summed E-state index contributed by atoms with van der Waals surface area (Å²) in [6, 6.07) is 13.2. The molecule has 0 fully saturated rings. The number of carboxylic acid groups (broad SMARTS) is 1. The van der Waals surface area contributed by atoms with Crippen molar-refractivity contribution >= 4 is 35.1 Å². The van der Waals surface area contributed by atoms with E-state index in [9.17, 15) is 24.3 Å². The lowest BCUT2D eigenvalue weighted by Gasteiger charge is -2.16. The van der Waals surface area contributed by atoms with Gasteiger partial charge >= 0.3 is 5.97 Å². The van der Waals surface area contributed by atoms with Crippen LogP contribution in [0.2, 0.25) is 0 Å². The third kappa shape index (κ3) is 3.47. The van der Waals surface area contributed by atoms with Crippen molar-refractivity contribution in [2.75, 3.05) is 10.2 Å². The maximum Gasteiger partial charge on any atom is 0.339 e. The van der Waals surface area contributed by atoms with Gasteiger partial charge in [-0.05, 0) is 61.9 Å². The Balaban J connectivity index is 1.63. The highest BCUT2D eigenvalue weighted by molar-refractivity contribution is 6.35. The zero-order valence-corrected chi connectivity index (χ0v) is 17.2. The molecule has 0 spiro atoms. The van der Waals surface area contributed by atoms with Crippen molar-refractivity contribution < 1.29 is 29.4 Å². The maximum atomic E-state index is 13.0. The second-order valence-corrected chi connectivity index (χ2v) is 7.49. The van der Waals surface area contributed by atoms with Crippen LogP contribution in [-0.2, 0) is 0 Å². The number of rotatable bonds is 4. The predicted molar refractivity (Wildman–Crippen MR) is 117 cm³/mol. The summed E-state index contributed by atoms with van der Waals surface area (Å²) >= 11 is 0. The Morgan fingerprint density at radius 1 is 0.875 bits per heavy atom. The van der Waals surface area contributed by atoms with Gasteiger partial charge in [0.2, 0.25) is 0 Å². The van der Waals surface area contributed by atoms with Gasteiger partial charge in [0.25, 0.3) is 17.7 Å². The average molecular weight is 430 g/mol. The van der Waals surface area contributed by atoms with E-state index in [4.69, 9.17) is 5.11 Å². The van der Waals surface area contributed by atoms with Gasteiger partial charge in [0.1, 0.15) is 11.3 Å². The summed E-state index contributed by atoms with van der Waals surface area (Å²) in [5, 5.41) is 21.2. The van der Waals surface area contributed by atoms with Crippen molar-refractivity contribution in [3.8, 4) is 5.75 Å². The molecule has 3 N–H and O–H groups in total. The Bertz CT molecular complexity index is 1330. The number of phenols is 1. The van der Waals surface area contributed by atoms with Crippen LogP contribution in [0.25, 0.3) is 0 Å². The Morgan fingerprint density at radius 2 is 1.59 bits per heavy atom. The average Bonchev–Trinajstić information content (AvgIpc) is 2.99. The molecule has 0 bridgehead atoms. The number of imide groups is 1. The number of aromatic carboxylic acids is 1. The summed E-state index contributed by atoms with van der Waals surface area (Å²) in [6.45, 7) is 3.73. The van der Waals surface area contributed by atoms with E-state index in [1.54, 1.807) is 6.07 Å². The second-order valence-electron chi connectivity index (χ2n) is 7.49. The van der Waals surface area contributed by atoms with Gasteiger partial charge in [-0.15, -0.1) is 0 Å². The van der Waals surface area contributed by atoms with Crippen LogP contribution in [0.3, 0.4) is 0 Å². The van der Waals surface area contributed by atoms with E-state index >= 15 is 0 Å². The van der Waals surface area contributed by atoms with Crippen LogP contribution >= 0.6 is 0 Å². The zero-order chi connectivity index (χ0) is 23.2. The lowest BCUT2D eigenvalue weighted by Crippen LogP contribution is -2.30. The predicted octanol–water partition coefficient (Wildman–Crippen LogP) is 3.76. The van der Waals surface area contributed by atoms with Gasteiger partial charge in [-0.3, -0.25) is 14.4 Å². The number of aromatic hydroxyl groups is 1. The molecule has 3 amide bonds. The number of nitrogens with zero attached hydrogens (tertiary/aromatic N) is 1. The largest absolute Gasteiger partial charge is 0.507 e. The van der Waals surface area contributed by atoms with Crippen LogP contribution in [0.5, 0.6) is 5.75 Å². The second kappa shape index (κ2) is 7.66. The summed E-state index contributed by atoms with van der Waals surface area (Å²) in [4.78, 5) is 50.8. The molecule has 1 aliphatic rings. The third-order valence-electron chi connectivity index (χ3n) is 5.23. The molecule has 0 aromatic heterocycles. The molecule has 0 radical (unpaired) electrons. The van der Waals surface area contributed by atoms with Crippen molar-refractivity contribution in [2.24, 2.45) is 0 Å². The van der Waals surface area contributed by atoms with Gasteiger partial charge < -0.3 is 15.5 Å². The van der Waals surface area contributed by atoms with E-state index < -0.39 is 29.4 Å². The van der Waals surface area contributed by atoms with Crippen LogP contribution < -0.4 is 10.2 Å². The van der Waals surface area contributed by atoms with Crippen LogP contribution in [0, 0.1) is 13.8 Å². The van der Waals surface area contributed by atoms with E-state index in [0.29, 0.717) is 5.69 Å². The first-order valence-corrected chi connectivity index (χ1v) is 9.65. The van der Waals surface area contributed by atoms with Gasteiger partial charge in [-0.25, -0.2) is 9.69 Å². The number of benzene rings is 3. The van der Waals surface area contributed by atoms with Gasteiger partial charge in [0.15, 0.2) is 0 Å². The van der Waals surface area contributed by atoms with Crippen LogP contribution in [0.4, 0.5) is 11.4 Å². The molecule has 1 heterocycles. The maximum absolute atomic E-state index is 13.0. The fourth-order valence-electron chi connectivity index (χ4n) is 3.65. The number of aryl methyl sites for hydroxylation is 2. The van der Waals surface area contributed by atoms with E-state index in [0.717, 1.165) is 28.2 Å². The van der Waals surface area contributed by atoms with Crippen LogP contribution in [0.1, 0.15) is 52.6 Å². The van der Waals surface area contributed by atoms with Crippen LogP contribution in [-0.4, -0.2) is 33.9 Å². The minimum atomic E-state index is -1.34. The zero-order valence-electron chi connectivity index (χ0n) is 17.2. The lowest BCUT2D eigenvalue weighted by atomic mass is 10.1. The van der Waals surface area contributed by atoms with E-state index in [1.807, 2.05) is 26.0 Å². The number of amides is 3. The fourth-order valence-corrected chi connectivity index (χ4v) is 3.65. The molecule has 32 heavy (non-hydrogen) atoms. The monoisotopic (exact) mass is 430 g/mol. The third-order valence-corrected chi connectivity index (χ3v) is 5.23. The molecule has 0 unspecified atom stereocenters. The molecule has 8 heteroatoms. The van der Waals surface area contributed by atoms with Gasteiger partial charge in [-0.1, -0.05) is 17.7 Å². The number of hydrogen-bond donors (Lipinski definition) is 3. The summed E-state index contributed by atoms with van der Waals surface area (Å²) in [5.74, 6) is -3.35. The Kier molecular flexibility index (Phi) is 4.98. The number of anilines is 2. The summed E-state index contributed by atoms with van der Waals surface area (Å²) in [7, 11) is 0. The van der Waals surface area contributed by atoms with Crippen molar-refractivity contribution in [1.29, 1.82) is 0 Å². The molecule has 0 saturated carbocycles. The standard InChI is InChI=1S/C24H18N2O6/c1-12-3-7-19(13(2)9-12)26-22(29)16-6-4-14(10-17(16)23(26)30)21(28)25-15-5-8-20(27)18(11-15)24(31)32/h3-11,27H,1-2H3,(H,25,28)(H,31,32). The molecule has 3 aromatic carbocycles. The molecule has 1 aliphatic heterocycles. The first-order valence-electron chi connectivity index (χ1n) is 9.65. The molecule has 160 valence electrons. The quantitative estimate of drug-likeness (QED) is 0.428. The lowest BCUT2D eigenvalue weighted by molar-refractivity contribution is 0.0692. The van der Waals surface area contributed by atoms with Gasteiger partial charge in [0.05, 0.1) is 16.8 Å². The normalized spacial score (nSPS) is 12.6. The highest BCUT2D eigenvalue weighted by Gasteiger charge is 2.37. The van der Waals surface area contributed by atoms with E-state index in [-0.39, 0.29) is 27.9 Å². The van der Waals surface area contributed by atoms with Gasteiger partial charge in [0, 0.05) is 11.3 Å². The molecule has 0 aliphatic carbocycles. The van der Waals surface area contributed by atoms with Crippen molar-refractivity contribution in [2.45, 2.75) is 13.8 Å². The van der Waals surface area contributed by atoms with Crippen molar-refractivity contribution in [3.63, 3.8) is 0 Å².